The molecule has 0 bridgehead atoms. The van der Waals surface area contributed by atoms with Crippen molar-refractivity contribution < 1.29 is 0 Å². The van der Waals surface area contributed by atoms with Crippen molar-refractivity contribution in [3.63, 3.8) is 0 Å². The molecule has 1 fully saturated rings. The van der Waals surface area contributed by atoms with Gasteiger partial charge in [-0.15, -0.1) is 0 Å². The van der Waals surface area contributed by atoms with E-state index in [1.807, 2.05) is 19.2 Å². The van der Waals surface area contributed by atoms with E-state index in [-0.39, 0.29) is 0 Å². The lowest BCUT2D eigenvalue weighted by Crippen LogP contribution is -2.41. The number of hydrogen-bond donors (Lipinski definition) is 3. The standard InChI is InChI=1S/C16H22N6/c1-17-16(21-14-7-2-3-8-14)18-10-12-5-4-6-13(9-12)15-19-11-20-22-15/h4-6,9,11,14H,2-3,7-8,10H2,1H3,(H2,17,18,21)(H,19,20,22). The molecule has 6 heteroatoms. The van der Waals surface area contributed by atoms with E-state index in [2.05, 4.69) is 42.9 Å². The molecule has 0 spiro atoms. The second kappa shape index (κ2) is 7.06. The highest BCUT2D eigenvalue weighted by atomic mass is 15.2. The van der Waals surface area contributed by atoms with Crippen molar-refractivity contribution >= 4 is 5.96 Å². The first-order valence-corrected chi connectivity index (χ1v) is 7.77. The number of guanidine groups is 1. The first-order chi connectivity index (χ1) is 10.8. The summed E-state index contributed by atoms with van der Waals surface area (Å²) in [6.07, 6.45) is 6.62. The van der Waals surface area contributed by atoms with E-state index in [9.17, 15) is 0 Å². The Morgan fingerprint density at radius 2 is 2.23 bits per heavy atom. The van der Waals surface area contributed by atoms with E-state index in [4.69, 9.17) is 0 Å². The van der Waals surface area contributed by atoms with Gasteiger partial charge in [0.05, 0.1) is 0 Å². The molecule has 0 atom stereocenters. The van der Waals surface area contributed by atoms with Crippen LogP contribution in [-0.2, 0) is 6.54 Å². The molecule has 6 nitrogen and oxygen atoms in total. The van der Waals surface area contributed by atoms with Crippen LogP contribution in [-0.4, -0.2) is 34.2 Å². The summed E-state index contributed by atoms with van der Waals surface area (Å²) in [5.74, 6) is 1.66. The highest BCUT2D eigenvalue weighted by molar-refractivity contribution is 5.80. The van der Waals surface area contributed by atoms with Crippen LogP contribution in [0.5, 0.6) is 0 Å². The van der Waals surface area contributed by atoms with E-state index in [0.29, 0.717) is 6.04 Å². The Labute approximate surface area is 130 Å². The summed E-state index contributed by atoms with van der Waals surface area (Å²) in [5.41, 5.74) is 2.22. The molecule has 1 aliphatic carbocycles. The molecule has 22 heavy (non-hydrogen) atoms. The summed E-state index contributed by atoms with van der Waals surface area (Å²) in [7, 11) is 1.81. The van der Waals surface area contributed by atoms with Gasteiger partial charge in [-0.3, -0.25) is 10.1 Å². The quantitative estimate of drug-likeness (QED) is 0.596. The van der Waals surface area contributed by atoms with Gasteiger partial charge in [-0.1, -0.05) is 31.0 Å². The van der Waals surface area contributed by atoms with Gasteiger partial charge in [0.15, 0.2) is 11.8 Å². The minimum atomic E-state index is 0.562. The molecular weight excluding hydrogens is 276 g/mol. The van der Waals surface area contributed by atoms with Crippen LogP contribution in [0.3, 0.4) is 0 Å². The van der Waals surface area contributed by atoms with Gasteiger partial charge in [0.1, 0.15) is 6.33 Å². The molecule has 2 aromatic rings. The Morgan fingerprint density at radius 3 is 2.95 bits per heavy atom. The molecule has 0 amide bonds. The molecular formula is C16H22N6. The number of aromatic nitrogens is 3. The third kappa shape index (κ3) is 3.63. The normalized spacial score (nSPS) is 16.0. The number of nitrogens with zero attached hydrogens (tertiary/aromatic N) is 3. The SMILES string of the molecule is CN=C(NCc1cccc(-c2ncn[nH]2)c1)NC1CCCC1. The Morgan fingerprint density at radius 1 is 1.36 bits per heavy atom. The summed E-state index contributed by atoms with van der Waals surface area (Å²) < 4.78 is 0. The van der Waals surface area contributed by atoms with Crippen molar-refractivity contribution in [2.24, 2.45) is 4.99 Å². The summed E-state index contributed by atoms with van der Waals surface area (Å²) in [4.78, 5) is 8.49. The fourth-order valence-corrected chi connectivity index (χ4v) is 2.82. The minimum Gasteiger partial charge on any atom is -0.354 e. The fourth-order valence-electron chi connectivity index (χ4n) is 2.82. The van der Waals surface area contributed by atoms with Gasteiger partial charge < -0.3 is 10.6 Å². The zero-order valence-electron chi connectivity index (χ0n) is 12.8. The Bertz CT molecular complexity index is 613. The van der Waals surface area contributed by atoms with Crippen LogP contribution in [0.4, 0.5) is 0 Å². The average molecular weight is 298 g/mol. The maximum absolute atomic E-state index is 4.30. The lowest BCUT2D eigenvalue weighted by Gasteiger charge is -2.17. The maximum atomic E-state index is 4.30. The predicted octanol–water partition coefficient (Wildman–Crippen LogP) is 2.08. The first-order valence-electron chi connectivity index (χ1n) is 7.77. The van der Waals surface area contributed by atoms with Gasteiger partial charge in [0.25, 0.3) is 0 Å². The van der Waals surface area contributed by atoms with Crippen LogP contribution < -0.4 is 10.6 Å². The zero-order chi connectivity index (χ0) is 15.2. The number of aromatic amines is 1. The zero-order valence-corrected chi connectivity index (χ0v) is 12.8. The lowest BCUT2D eigenvalue weighted by atomic mass is 10.1. The van der Waals surface area contributed by atoms with Gasteiger partial charge in [-0.2, -0.15) is 5.10 Å². The van der Waals surface area contributed by atoms with Crippen molar-refractivity contribution in [2.75, 3.05) is 7.05 Å². The summed E-state index contributed by atoms with van der Waals surface area (Å²) in [6, 6.07) is 8.82. The van der Waals surface area contributed by atoms with Crippen molar-refractivity contribution in [1.82, 2.24) is 25.8 Å². The smallest absolute Gasteiger partial charge is 0.191 e. The summed E-state index contributed by atoms with van der Waals surface area (Å²) in [5, 5.41) is 13.6. The van der Waals surface area contributed by atoms with Crippen LogP contribution >= 0.6 is 0 Å². The van der Waals surface area contributed by atoms with E-state index in [1.54, 1.807) is 0 Å². The minimum absolute atomic E-state index is 0.562. The molecule has 1 aromatic carbocycles. The number of rotatable bonds is 4. The molecule has 1 heterocycles. The molecule has 1 aromatic heterocycles. The van der Waals surface area contributed by atoms with Gasteiger partial charge in [0, 0.05) is 25.2 Å². The molecule has 0 aliphatic heterocycles. The second-order valence-electron chi connectivity index (χ2n) is 5.59. The van der Waals surface area contributed by atoms with E-state index < -0.39 is 0 Å². The lowest BCUT2D eigenvalue weighted by molar-refractivity contribution is 0.613. The Balaban J connectivity index is 1.59. The highest BCUT2D eigenvalue weighted by Gasteiger charge is 2.15. The number of H-pyrrole nitrogens is 1. The molecule has 0 radical (unpaired) electrons. The molecule has 3 N–H and O–H groups in total. The number of nitrogens with one attached hydrogen (secondary N) is 3. The monoisotopic (exact) mass is 298 g/mol. The van der Waals surface area contributed by atoms with Crippen LogP contribution in [0.15, 0.2) is 35.6 Å². The van der Waals surface area contributed by atoms with Crippen LogP contribution in [0, 0.1) is 0 Å². The highest BCUT2D eigenvalue weighted by Crippen LogP contribution is 2.17. The van der Waals surface area contributed by atoms with E-state index in [0.717, 1.165) is 23.9 Å². The summed E-state index contributed by atoms with van der Waals surface area (Å²) >= 11 is 0. The third-order valence-corrected chi connectivity index (χ3v) is 4.00. The average Bonchev–Trinajstić information content (AvgIpc) is 3.25. The van der Waals surface area contributed by atoms with Crippen LogP contribution in [0.25, 0.3) is 11.4 Å². The Kier molecular flexibility index (Phi) is 4.68. The van der Waals surface area contributed by atoms with Crippen molar-refractivity contribution in [3.8, 4) is 11.4 Å². The van der Waals surface area contributed by atoms with Crippen molar-refractivity contribution in [2.45, 2.75) is 38.3 Å². The van der Waals surface area contributed by atoms with Gasteiger partial charge in [-0.05, 0) is 24.5 Å². The number of benzene rings is 1. The van der Waals surface area contributed by atoms with E-state index >= 15 is 0 Å². The van der Waals surface area contributed by atoms with Gasteiger partial charge in [-0.25, -0.2) is 4.98 Å². The molecule has 0 saturated heterocycles. The predicted molar refractivity (Wildman–Crippen MR) is 87.4 cm³/mol. The number of aliphatic imine (C=N–C) groups is 1. The largest absolute Gasteiger partial charge is 0.354 e. The molecule has 3 rings (SSSR count). The molecule has 1 aliphatic rings. The summed E-state index contributed by atoms with van der Waals surface area (Å²) in [6.45, 7) is 0.731. The molecule has 0 unspecified atom stereocenters. The third-order valence-electron chi connectivity index (χ3n) is 4.00. The first kappa shape index (κ1) is 14.6. The molecule has 116 valence electrons. The second-order valence-corrected chi connectivity index (χ2v) is 5.59. The van der Waals surface area contributed by atoms with Crippen molar-refractivity contribution in [1.29, 1.82) is 0 Å². The van der Waals surface area contributed by atoms with Gasteiger partial charge >= 0.3 is 0 Å². The molecule has 1 saturated carbocycles. The van der Waals surface area contributed by atoms with Gasteiger partial charge in [0.2, 0.25) is 0 Å². The maximum Gasteiger partial charge on any atom is 0.191 e. The Hall–Kier alpha value is -2.37. The topological polar surface area (TPSA) is 78.0 Å². The number of hydrogen-bond acceptors (Lipinski definition) is 3. The van der Waals surface area contributed by atoms with Crippen LogP contribution in [0.2, 0.25) is 0 Å². The van der Waals surface area contributed by atoms with Crippen molar-refractivity contribution in [3.05, 3.63) is 36.2 Å². The van der Waals surface area contributed by atoms with Crippen LogP contribution in [0.1, 0.15) is 31.2 Å². The fraction of sp³-hybridized carbons (Fsp3) is 0.438. The van der Waals surface area contributed by atoms with E-state index in [1.165, 1.54) is 37.6 Å².